The second-order valence-corrected chi connectivity index (χ2v) is 4.58. The van der Waals surface area contributed by atoms with Gasteiger partial charge in [-0.1, -0.05) is 19.3 Å². The topological polar surface area (TPSA) is 95.6 Å². The smallest absolute Gasteiger partial charge is 0.227 e. The van der Waals surface area contributed by atoms with Crippen LogP contribution in [0.25, 0.3) is 0 Å². The highest BCUT2D eigenvalue weighted by Crippen LogP contribution is 2.35. The molecule has 94 valence electrons. The third-order valence-electron chi connectivity index (χ3n) is 3.46. The maximum absolute atomic E-state index is 12.1. The van der Waals surface area contributed by atoms with Crippen molar-refractivity contribution in [2.24, 2.45) is 11.1 Å². The molecule has 1 amide bonds. The largest absolute Gasteiger partial charge is 0.394 e. The van der Waals surface area contributed by atoms with Gasteiger partial charge in [-0.25, -0.2) is 0 Å². The van der Waals surface area contributed by atoms with Crippen LogP contribution in [-0.2, 0) is 4.79 Å². The van der Waals surface area contributed by atoms with Crippen LogP contribution in [0.2, 0.25) is 0 Å². The lowest BCUT2D eigenvalue weighted by Crippen LogP contribution is -2.52. The molecule has 0 unspecified atom stereocenters. The number of hydrogen-bond acceptors (Lipinski definition) is 4. The first-order valence-electron chi connectivity index (χ1n) is 5.91. The van der Waals surface area contributed by atoms with E-state index in [-0.39, 0.29) is 19.1 Å². The summed E-state index contributed by atoms with van der Waals surface area (Å²) >= 11 is 0. The van der Waals surface area contributed by atoms with Crippen LogP contribution in [0, 0.1) is 5.41 Å². The molecule has 5 nitrogen and oxygen atoms in total. The van der Waals surface area contributed by atoms with E-state index in [9.17, 15) is 4.79 Å². The Balaban J connectivity index is 2.61. The Morgan fingerprint density at radius 1 is 1.25 bits per heavy atom. The van der Waals surface area contributed by atoms with Gasteiger partial charge in [-0.3, -0.25) is 4.79 Å². The Morgan fingerprint density at radius 2 is 1.81 bits per heavy atom. The summed E-state index contributed by atoms with van der Waals surface area (Å²) < 4.78 is 0. The van der Waals surface area contributed by atoms with Gasteiger partial charge in [0.15, 0.2) is 0 Å². The number of carbonyl (C=O) groups excluding carboxylic acids is 1. The molecule has 0 saturated heterocycles. The van der Waals surface area contributed by atoms with Gasteiger partial charge in [0.1, 0.15) is 0 Å². The molecule has 0 aromatic rings. The van der Waals surface area contributed by atoms with E-state index in [0.717, 1.165) is 32.1 Å². The average molecular weight is 230 g/mol. The SMILES string of the molecule is NCC1(C(=O)NC(CO)CO)CCCCC1. The molecule has 1 rings (SSSR count). The highest BCUT2D eigenvalue weighted by molar-refractivity contribution is 5.83. The highest BCUT2D eigenvalue weighted by atomic mass is 16.3. The van der Waals surface area contributed by atoms with Crippen LogP contribution in [0.5, 0.6) is 0 Å². The fraction of sp³-hybridized carbons (Fsp3) is 0.909. The van der Waals surface area contributed by atoms with E-state index in [1.165, 1.54) is 0 Å². The maximum Gasteiger partial charge on any atom is 0.227 e. The molecular weight excluding hydrogens is 208 g/mol. The molecule has 1 aliphatic rings. The van der Waals surface area contributed by atoms with Gasteiger partial charge in [0.2, 0.25) is 5.91 Å². The quantitative estimate of drug-likeness (QED) is 0.505. The summed E-state index contributed by atoms with van der Waals surface area (Å²) in [5.74, 6) is -0.122. The summed E-state index contributed by atoms with van der Waals surface area (Å²) in [7, 11) is 0. The van der Waals surface area contributed by atoms with Crippen molar-refractivity contribution in [2.45, 2.75) is 38.1 Å². The summed E-state index contributed by atoms with van der Waals surface area (Å²) in [6.07, 6.45) is 4.80. The Morgan fingerprint density at radius 3 is 2.25 bits per heavy atom. The second kappa shape index (κ2) is 6.18. The molecular formula is C11H22N2O3. The van der Waals surface area contributed by atoms with Crippen molar-refractivity contribution in [1.29, 1.82) is 0 Å². The fourth-order valence-corrected chi connectivity index (χ4v) is 2.24. The van der Waals surface area contributed by atoms with E-state index >= 15 is 0 Å². The van der Waals surface area contributed by atoms with Gasteiger partial charge in [0.05, 0.1) is 24.7 Å². The number of nitrogens with two attached hydrogens (primary N) is 1. The molecule has 1 fully saturated rings. The molecule has 1 saturated carbocycles. The standard InChI is InChI=1S/C11H22N2O3/c12-8-11(4-2-1-3-5-11)10(16)13-9(6-14)7-15/h9,14-15H,1-8,12H2,(H,13,16). The molecule has 16 heavy (non-hydrogen) atoms. The van der Waals surface area contributed by atoms with Gasteiger partial charge in [-0.05, 0) is 12.8 Å². The fourth-order valence-electron chi connectivity index (χ4n) is 2.24. The molecule has 0 aromatic carbocycles. The third kappa shape index (κ3) is 2.93. The first-order valence-corrected chi connectivity index (χ1v) is 5.91. The van der Waals surface area contributed by atoms with Crippen molar-refractivity contribution in [3.05, 3.63) is 0 Å². The Kier molecular flexibility index (Phi) is 5.18. The first-order chi connectivity index (χ1) is 7.68. The summed E-state index contributed by atoms with van der Waals surface area (Å²) in [5, 5.41) is 20.5. The van der Waals surface area contributed by atoms with Crippen LogP contribution < -0.4 is 11.1 Å². The molecule has 0 aromatic heterocycles. The molecule has 0 bridgehead atoms. The van der Waals surface area contributed by atoms with Gasteiger partial charge in [0.25, 0.3) is 0 Å². The lowest BCUT2D eigenvalue weighted by molar-refractivity contribution is -0.133. The summed E-state index contributed by atoms with van der Waals surface area (Å²) in [6.45, 7) is -0.159. The Bertz CT molecular complexity index is 223. The van der Waals surface area contributed by atoms with Gasteiger partial charge in [-0.15, -0.1) is 0 Å². The van der Waals surface area contributed by atoms with E-state index in [1.807, 2.05) is 0 Å². The number of carbonyl (C=O) groups is 1. The minimum Gasteiger partial charge on any atom is -0.394 e. The van der Waals surface area contributed by atoms with Gasteiger partial charge >= 0.3 is 0 Å². The van der Waals surface area contributed by atoms with E-state index in [2.05, 4.69) is 5.32 Å². The molecule has 0 aliphatic heterocycles. The molecule has 5 heteroatoms. The average Bonchev–Trinajstić information content (AvgIpc) is 2.36. The predicted octanol–water partition coefficient (Wildman–Crippen LogP) is -0.635. The zero-order chi connectivity index (χ0) is 12.0. The van der Waals surface area contributed by atoms with E-state index < -0.39 is 11.5 Å². The monoisotopic (exact) mass is 230 g/mol. The third-order valence-corrected chi connectivity index (χ3v) is 3.46. The van der Waals surface area contributed by atoms with Crippen LogP contribution in [0.4, 0.5) is 0 Å². The van der Waals surface area contributed by atoms with E-state index in [0.29, 0.717) is 6.54 Å². The predicted molar refractivity (Wildman–Crippen MR) is 60.7 cm³/mol. The molecule has 0 atom stereocenters. The highest BCUT2D eigenvalue weighted by Gasteiger charge is 2.38. The molecule has 1 aliphatic carbocycles. The number of nitrogens with one attached hydrogen (secondary N) is 1. The van der Waals surface area contributed by atoms with Crippen molar-refractivity contribution >= 4 is 5.91 Å². The van der Waals surface area contributed by atoms with Crippen molar-refractivity contribution in [2.75, 3.05) is 19.8 Å². The van der Waals surface area contributed by atoms with Crippen LogP contribution in [0.1, 0.15) is 32.1 Å². The first kappa shape index (κ1) is 13.4. The molecule has 0 spiro atoms. The normalized spacial score (nSPS) is 19.8. The molecule has 0 heterocycles. The maximum atomic E-state index is 12.1. The lowest BCUT2D eigenvalue weighted by atomic mass is 9.73. The van der Waals surface area contributed by atoms with Gasteiger partial charge in [0, 0.05) is 6.54 Å². The Labute approximate surface area is 96.0 Å². The zero-order valence-corrected chi connectivity index (χ0v) is 9.61. The van der Waals surface area contributed by atoms with E-state index in [1.54, 1.807) is 0 Å². The van der Waals surface area contributed by atoms with Crippen LogP contribution in [0.3, 0.4) is 0 Å². The minimum atomic E-state index is -0.571. The zero-order valence-electron chi connectivity index (χ0n) is 9.61. The summed E-state index contributed by atoms with van der Waals surface area (Å²) in [4.78, 5) is 12.1. The van der Waals surface area contributed by atoms with Crippen molar-refractivity contribution in [3.8, 4) is 0 Å². The lowest BCUT2D eigenvalue weighted by Gasteiger charge is -2.35. The number of amides is 1. The van der Waals surface area contributed by atoms with Crippen molar-refractivity contribution < 1.29 is 15.0 Å². The molecule has 0 radical (unpaired) electrons. The van der Waals surface area contributed by atoms with Crippen LogP contribution >= 0.6 is 0 Å². The number of aliphatic hydroxyl groups is 2. The van der Waals surface area contributed by atoms with Crippen molar-refractivity contribution in [1.82, 2.24) is 5.32 Å². The number of aliphatic hydroxyl groups excluding tert-OH is 2. The Hall–Kier alpha value is -0.650. The van der Waals surface area contributed by atoms with Gasteiger partial charge < -0.3 is 21.3 Å². The van der Waals surface area contributed by atoms with Crippen LogP contribution in [0.15, 0.2) is 0 Å². The number of hydrogen-bond donors (Lipinski definition) is 4. The summed E-state index contributed by atoms with van der Waals surface area (Å²) in [5.41, 5.74) is 5.23. The second-order valence-electron chi connectivity index (χ2n) is 4.58. The minimum absolute atomic E-state index is 0.122. The molecule has 5 N–H and O–H groups in total. The van der Waals surface area contributed by atoms with E-state index in [4.69, 9.17) is 15.9 Å². The van der Waals surface area contributed by atoms with Gasteiger partial charge in [-0.2, -0.15) is 0 Å². The number of rotatable bonds is 5. The van der Waals surface area contributed by atoms with Crippen molar-refractivity contribution in [3.63, 3.8) is 0 Å². The summed E-state index contributed by atoms with van der Waals surface area (Å²) in [6, 6.07) is -0.571. The van der Waals surface area contributed by atoms with Crippen LogP contribution in [-0.4, -0.2) is 41.9 Å².